The molecule has 0 atom stereocenters. The Kier molecular flexibility index (Phi) is 3.18. The zero-order valence-electron chi connectivity index (χ0n) is 9.84. The molecule has 2 rings (SSSR count). The highest BCUT2D eigenvalue weighted by atomic mass is 16.5. The molecule has 1 heterocycles. The van der Waals surface area contributed by atoms with Gasteiger partial charge in [0.2, 0.25) is 5.95 Å². The first-order valence-corrected chi connectivity index (χ1v) is 5.37. The number of rotatable bonds is 3. The Balaban J connectivity index is 2.41. The fourth-order valence-electron chi connectivity index (χ4n) is 1.47. The lowest BCUT2D eigenvalue weighted by atomic mass is 10.2. The number of benzene rings is 1. The number of aryl methyl sites for hydroxylation is 1. The predicted octanol–water partition coefficient (Wildman–Crippen LogP) is 1.69. The number of aromatic nitrogens is 3. The molecule has 1 aromatic carbocycles. The third kappa shape index (κ3) is 2.50. The van der Waals surface area contributed by atoms with Gasteiger partial charge in [-0.25, -0.2) is 4.98 Å². The second-order valence-corrected chi connectivity index (χ2v) is 3.52. The van der Waals surface area contributed by atoms with E-state index >= 15 is 0 Å². The molecule has 0 spiro atoms. The average molecular weight is 230 g/mol. The molecule has 0 fully saturated rings. The lowest BCUT2D eigenvalue weighted by Crippen LogP contribution is -2.04. The summed E-state index contributed by atoms with van der Waals surface area (Å²) in [4.78, 5) is 12.5. The van der Waals surface area contributed by atoms with E-state index in [9.17, 15) is 0 Å². The van der Waals surface area contributed by atoms with Gasteiger partial charge in [-0.1, -0.05) is 6.92 Å². The van der Waals surface area contributed by atoms with Gasteiger partial charge in [0.25, 0.3) is 0 Å². The van der Waals surface area contributed by atoms with E-state index in [0.717, 1.165) is 17.7 Å². The third-order valence-electron chi connectivity index (χ3n) is 2.36. The topological polar surface area (TPSA) is 73.9 Å². The standard InChI is InChI=1S/C12H14N4O/c1-3-10-14-11(16-12(13)15-10)8-4-6-9(17-2)7-5-8/h4-7H,3H2,1-2H3,(H2,13,14,15,16). The summed E-state index contributed by atoms with van der Waals surface area (Å²) in [6.07, 6.45) is 0.732. The fraction of sp³-hybridized carbons (Fsp3) is 0.250. The largest absolute Gasteiger partial charge is 0.497 e. The van der Waals surface area contributed by atoms with E-state index in [1.807, 2.05) is 31.2 Å². The molecule has 0 aliphatic carbocycles. The number of hydrogen-bond acceptors (Lipinski definition) is 5. The van der Waals surface area contributed by atoms with Crippen LogP contribution in [-0.4, -0.2) is 22.1 Å². The molecule has 0 unspecified atom stereocenters. The number of nitrogen functional groups attached to an aromatic ring is 1. The van der Waals surface area contributed by atoms with Gasteiger partial charge in [0.1, 0.15) is 11.6 Å². The van der Waals surface area contributed by atoms with Gasteiger partial charge in [-0.15, -0.1) is 0 Å². The molecule has 0 saturated carbocycles. The first-order valence-electron chi connectivity index (χ1n) is 5.37. The maximum absolute atomic E-state index is 5.64. The van der Waals surface area contributed by atoms with Gasteiger partial charge in [0.05, 0.1) is 7.11 Å². The molecule has 0 bridgehead atoms. The highest BCUT2D eigenvalue weighted by Gasteiger charge is 2.05. The Morgan fingerprint density at radius 1 is 1.12 bits per heavy atom. The number of hydrogen-bond donors (Lipinski definition) is 1. The van der Waals surface area contributed by atoms with Crippen molar-refractivity contribution < 1.29 is 4.74 Å². The minimum Gasteiger partial charge on any atom is -0.497 e. The quantitative estimate of drug-likeness (QED) is 0.868. The van der Waals surface area contributed by atoms with Gasteiger partial charge < -0.3 is 10.5 Å². The van der Waals surface area contributed by atoms with Crippen molar-refractivity contribution in [2.75, 3.05) is 12.8 Å². The second-order valence-electron chi connectivity index (χ2n) is 3.52. The number of anilines is 1. The predicted molar refractivity (Wildman–Crippen MR) is 65.6 cm³/mol. The molecule has 2 N–H and O–H groups in total. The van der Waals surface area contributed by atoms with Crippen molar-refractivity contribution in [2.45, 2.75) is 13.3 Å². The summed E-state index contributed by atoms with van der Waals surface area (Å²) < 4.78 is 5.10. The van der Waals surface area contributed by atoms with E-state index in [1.165, 1.54) is 0 Å². The van der Waals surface area contributed by atoms with E-state index < -0.39 is 0 Å². The number of nitrogens with two attached hydrogens (primary N) is 1. The third-order valence-corrected chi connectivity index (χ3v) is 2.36. The van der Waals surface area contributed by atoms with Crippen LogP contribution in [0.15, 0.2) is 24.3 Å². The van der Waals surface area contributed by atoms with Crippen LogP contribution in [0.25, 0.3) is 11.4 Å². The SMILES string of the molecule is CCc1nc(N)nc(-c2ccc(OC)cc2)n1. The second kappa shape index (κ2) is 4.78. The molecule has 5 heteroatoms. The Hall–Kier alpha value is -2.17. The van der Waals surface area contributed by atoms with Crippen molar-refractivity contribution in [3.63, 3.8) is 0 Å². The molecule has 0 aliphatic heterocycles. The van der Waals surface area contributed by atoms with Crippen LogP contribution < -0.4 is 10.5 Å². The van der Waals surface area contributed by atoms with Crippen molar-refractivity contribution in [3.05, 3.63) is 30.1 Å². The Morgan fingerprint density at radius 3 is 2.41 bits per heavy atom. The molecule has 5 nitrogen and oxygen atoms in total. The molecular weight excluding hydrogens is 216 g/mol. The molecule has 1 aromatic heterocycles. The van der Waals surface area contributed by atoms with Gasteiger partial charge in [-0.2, -0.15) is 9.97 Å². The van der Waals surface area contributed by atoms with Crippen LogP contribution in [0.2, 0.25) is 0 Å². The number of methoxy groups -OCH3 is 1. The first kappa shape index (κ1) is 11.3. The van der Waals surface area contributed by atoms with Crippen molar-refractivity contribution in [2.24, 2.45) is 0 Å². The summed E-state index contributed by atoms with van der Waals surface area (Å²) in [6, 6.07) is 7.52. The lowest BCUT2D eigenvalue weighted by molar-refractivity contribution is 0.415. The molecular formula is C12H14N4O. The van der Waals surface area contributed by atoms with Crippen molar-refractivity contribution >= 4 is 5.95 Å². The van der Waals surface area contributed by atoms with Crippen LogP contribution in [0.5, 0.6) is 5.75 Å². The van der Waals surface area contributed by atoms with Gasteiger partial charge >= 0.3 is 0 Å². The summed E-state index contributed by atoms with van der Waals surface area (Å²) >= 11 is 0. The van der Waals surface area contributed by atoms with E-state index in [4.69, 9.17) is 10.5 Å². The number of ether oxygens (including phenoxy) is 1. The Bertz CT molecular complexity index is 510. The van der Waals surface area contributed by atoms with Crippen molar-refractivity contribution in [1.82, 2.24) is 15.0 Å². The van der Waals surface area contributed by atoms with E-state index in [2.05, 4.69) is 15.0 Å². The van der Waals surface area contributed by atoms with Gasteiger partial charge in [0.15, 0.2) is 5.82 Å². The van der Waals surface area contributed by atoms with Gasteiger partial charge in [-0.05, 0) is 24.3 Å². The zero-order valence-corrected chi connectivity index (χ0v) is 9.84. The first-order chi connectivity index (χ1) is 8.22. The van der Waals surface area contributed by atoms with Crippen LogP contribution in [0.3, 0.4) is 0 Å². The van der Waals surface area contributed by atoms with Crippen LogP contribution in [0.4, 0.5) is 5.95 Å². The Morgan fingerprint density at radius 2 is 1.82 bits per heavy atom. The summed E-state index contributed by atoms with van der Waals surface area (Å²) in [5.74, 6) is 2.34. The van der Waals surface area contributed by atoms with Crippen molar-refractivity contribution in [3.8, 4) is 17.1 Å². The monoisotopic (exact) mass is 230 g/mol. The van der Waals surface area contributed by atoms with Crippen LogP contribution in [0.1, 0.15) is 12.7 Å². The van der Waals surface area contributed by atoms with E-state index in [0.29, 0.717) is 11.6 Å². The normalized spacial score (nSPS) is 10.2. The summed E-state index contributed by atoms with van der Waals surface area (Å²) in [7, 11) is 1.63. The van der Waals surface area contributed by atoms with E-state index in [1.54, 1.807) is 7.11 Å². The van der Waals surface area contributed by atoms with Crippen LogP contribution >= 0.6 is 0 Å². The maximum atomic E-state index is 5.64. The van der Waals surface area contributed by atoms with Gasteiger partial charge in [0, 0.05) is 12.0 Å². The zero-order chi connectivity index (χ0) is 12.3. The lowest BCUT2D eigenvalue weighted by Gasteiger charge is -2.04. The van der Waals surface area contributed by atoms with Crippen molar-refractivity contribution in [1.29, 1.82) is 0 Å². The smallest absolute Gasteiger partial charge is 0.223 e. The minimum atomic E-state index is 0.252. The Labute approximate surface area is 99.7 Å². The maximum Gasteiger partial charge on any atom is 0.223 e. The molecule has 0 saturated heterocycles. The molecule has 17 heavy (non-hydrogen) atoms. The van der Waals surface area contributed by atoms with E-state index in [-0.39, 0.29) is 5.95 Å². The van der Waals surface area contributed by atoms with Gasteiger partial charge in [-0.3, -0.25) is 0 Å². The number of nitrogens with zero attached hydrogens (tertiary/aromatic N) is 3. The minimum absolute atomic E-state index is 0.252. The summed E-state index contributed by atoms with van der Waals surface area (Å²) in [5, 5.41) is 0. The average Bonchev–Trinajstić information content (AvgIpc) is 2.38. The fourth-order valence-corrected chi connectivity index (χ4v) is 1.47. The highest BCUT2D eigenvalue weighted by molar-refractivity contribution is 5.57. The summed E-state index contributed by atoms with van der Waals surface area (Å²) in [6.45, 7) is 1.98. The molecule has 0 radical (unpaired) electrons. The highest BCUT2D eigenvalue weighted by Crippen LogP contribution is 2.19. The van der Waals surface area contributed by atoms with Crippen LogP contribution in [0, 0.1) is 0 Å². The molecule has 88 valence electrons. The van der Waals surface area contributed by atoms with Crippen LogP contribution in [-0.2, 0) is 6.42 Å². The molecule has 0 amide bonds. The summed E-state index contributed by atoms with van der Waals surface area (Å²) in [5.41, 5.74) is 6.54. The molecule has 2 aromatic rings. The molecule has 0 aliphatic rings.